The first-order valence-corrected chi connectivity index (χ1v) is 10.8. The third kappa shape index (κ3) is 2.77. The number of carbonyl (C=O) groups excluding carboxylic acids is 1. The Morgan fingerprint density at radius 1 is 1.03 bits per heavy atom. The molecule has 0 N–H and O–H groups in total. The number of hydrogen-bond donors (Lipinski definition) is 0. The second-order valence-electron chi connectivity index (χ2n) is 9.00. The third-order valence-electron chi connectivity index (χ3n) is 6.98. The summed E-state index contributed by atoms with van der Waals surface area (Å²) < 4.78 is 31.3. The van der Waals surface area contributed by atoms with Crippen LogP contribution >= 0.6 is 0 Å². The van der Waals surface area contributed by atoms with E-state index in [4.69, 9.17) is 5.10 Å². The van der Waals surface area contributed by atoms with Gasteiger partial charge in [-0.3, -0.25) is 14.2 Å². The topological polar surface area (TPSA) is 56.0 Å². The van der Waals surface area contributed by atoms with Crippen LogP contribution in [0.1, 0.15) is 65.0 Å². The molecule has 0 spiro atoms. The fraction of sp³-hybridized carbons (Fsp3) is 0.435. The van der Waals surface area contributed by atoms with Gasteiger partial charge >= 0.3 is 0 Å². The largest absolute Gasteiger partial charge is 0.327 e. The molecule has 2 fully saturated rings. The predicted octanol–water partition coefficient (Wildman–Crippen LogP) is 3.88. The highest BCUT2D eigenvalue weighted by Gasteiger charge is 2.47. The summed E-state index contributed by atoms with van der Waals surface area (Å²) in [4.78, 5) is 15.6. The lowest BCUT2D eigenvalue weighted by molar-refractivity contribution is 0.0641. The summed E-state index contributed by atoms with van der Waals surface area (Å²) in [6.45, 7) is 0. The average Bonchev–Trinajstić information content (AvgIpc) is 3.27. The molecule has 8 heteroatoms. The molecule has 160 valence electrons. The number of halogens is 2. The monoisotopic (exact) mass is 423 g/mol. The lowest BCUT2D eigenvalue weighted by atomic mass is 9.94. The van der Waals surface area contributed by atoms with Gasteiger partial charge < -0.3 is 4.90 Å². The zero-order chi connectivity index (χ0) is 21.4. The van der Waals surface area contributed by atoms with E-state index >= 15 is 0 Å². The van der Waals surface area contributed by atoms with Crippen molar-refractivity contribution in [3.63, 3.8) is 0 Å². The van der Waals surface area contributed by atoms with Crippen LogP contribution in [0.25, 0.3) is 11.3 Å². The van der Waals surface area contributed by atoms with Gasteiger partial charge in [-0.05, 0) is 44.2 Å². The van der Waals surface area contributed by atoms with E-state index in [9.17, 15) is 13.6 Å². The van der Waals surface area contributed by atoms with Crippen molar-refractivity contribution in [1.82, 2.24) is 24.5 Å². The number of nitrogens with zero attached hydrogens (tertiary/aromatic N) is 5. The molecule has 1 aliphatic carbocycles. The highest BCUT2D eigenvalue weighted by molar-refractivity contribution is 5.96. The maximum Gasteiger partial charge on any atom is 0.258 e. The van der Waals surface area contributed by atoms with Gasteiger partial charge in [0.15, 0.2) is 0 Å². The van der Waals surface area contributed by atoms with E-state index < -0.39 is 11.6 Å². The van der Waals surface area contributed by atoms with Gasteiger partial charge in [0, 0.05) is 43.2 Å². The van der Waals surface area contributed by atoms with Gasteiger partial charge in [0.1, 0.15) is 11.6 Å². The molecule has 3 aromatic rings. The molecular weight excluding hydrogens is 400 g/mol. The van der Waals surface area contributed by atoms with E-state index in [0.29, 0.717) is 23.5 Å². The molecule has 1 aromatic carbocycles. The Balaban J connectivity index is 1.41. The van der Waals surface area contributed by atoms with Gasteiger partial charge in [-0.15, -0.1) is 0 Å². The lowest BCUT2D eigenvalue weighted by Gasteiger charge is -2.34. The summed E-state index contributed by atoms with van der Waals surface area (Å²) in [5.74, 6) is -0.764. The van der Waals surface area contributed by atoms with Crippen molar-refractivity contribution in [1.29, 1.82) is 0 Å². The smallest absolute Gasteiger partial charge is 0.258 e. The molecule has 31 heavy (non-hydrogen) atoms. The first-order chi connectivity index (χ1) is 14.9. The van der Waals surface area contributed by atoms with Crippen molar-refractivity contribution in [2.24, 2.45) is 14.1 Å². The summed E-state index contributed by atoms with van der Waals surface area (Å²) in [5, 5.41) is 9.09. The molecule has 2 aliphatic heterocycles. The minimum Gasteiger partial charge on any atom is -0.327 e. The van der Waals surface area contributed by atoms with Gasteiger partial charge in [-0.2, -0.15) is 10.2 Å². The molecule has 2 atom stereocenters. The van der Waals surface area contributed by atoms with Gasteiger partial charge in [0.05, 0.1) is 34.9 Å². The van der Waals surface area contributed by atoms with Gasteiger partial charge in [0.2, 0.25) is 0 Å². The highest BCUT2D eigenvalue weighted by Crippen LogP contribution is 2.48. The zero-order valence-electron chi connectivity index (χ0n) is 17.5. The summed E-state index contributed by atoms with van der Waals surface area (Å²) in [7, 11) is 3.69. The quantitative estimate of drug-likeness (QED) is 0.643. The first kappa shape index (κ1) is 18.7. The van der Waals surface area contributed by atoms with Crippen LogP contribution in [0.4, 0.5) is 8.78 Å². The van der Waals surface area contributed by atoms with Crippen LogP contribution in [0.2, 0.25) is 0 Å². The average molecular weight is 423 g/mol. The number of hydrogen-bond acceptors (Lipinski definition) is 3. The summed E-state index contributed by atoms with van der Waals surface area (Å²) in [6, 6.07) is 3.50. The molecule has 0 radical (unpaired) electrons. The van der Waals surface area contributed by atoms with Crippen molar-refractivity contribution in [2.75, 3.05) is 0 Å². The fourth-order valence-corrected chi connectivity index (χ4v) is 5.60. The third-order valence-corrected chi connectivity index (χ3v) is 6.98. The standard InChI is InChI=1S/C23H23F2N5O/c1-28-21(12-3-4-12)18(11-26-28)23(31)30-16-5-6-19(30)20-17(10-16)22(29(2)27-20)13-7-14(24)9-15(25)8-13/h7-9,11-12,16,19H,3-6,10H2,1-2H3/t16-,19+/m0/s1. The first-order valence-electron chi connectivity index (χ1n) is 10.8. The van der Waals surface area contributed by atoms with E-state index in [-0.39, 0.29) is 18.0 Å². The predicted molar refractivity (Wildman–Crippen MR) is 109 cm³/mol. The molecule has 1 saturated carbocycles. The molecule has 0 unspecified atom stereocenters. The minimum absolute atomic E-state index is 0.0251. The Labute approximate surface area is 178 Å². The van der Waals surface area contributed by atoms with E-state index in [1.807, 2.05) is 16.6 Å². The van der Waals surface area contributed by atoms with Crippen molar-refractivity contribution in [3.8, 4) is 11.3 Å². The number of amides is 1. The number of carbonyl (C=O) groups is 1. The molecule has 2 aromatic heterocycles. The fourth-order valence-electron chi connectivity index (χ4n) is 5.60. The number of rotatable bonds is 3. The van der Waals surface area contributed by atoms with Crippen molar-refractivity contribution < 1.29 is 13.6 Å². The zero-order valence-corrected chi connectivity index (χ0v) is 17.5. The van der Waals surface area contributed by atoms with Crippen LogP contribution in [0.5, 0.6) is 0 Å². The normalized spacial score (nSPS) is 22.1. The van der Waals surface area contributed by atoms with Gasteiger partial charge in [0.25, 0.3) is 5.91 Å². The van der Waals surface area contributed by atoms with Gasteiger partial charge in [-0.1, -0.05) is 0 Å². The maximum absolute atomic E-state index is 13.9. The van der Waals surface area contributed by atoms with Crippen LogP contribution < -0.4 is 0 Å². The van der Waals surface area contributed by atoms with Crippen molar-refractivity contribution in [2.45, 2.75) is 50.1 Å². The molecule has 2 bridgehead atoms. The van der Waals surface area contributed by atoms with Crippen molar-refractivity contribution in [3.05, 3.63) is 58.5 Å². The second kappa shape index (κ2) is 6.48. The molecule has 3 aliphatic rings. The Kier molecular flexibility index (Phi) is 3.91. The van der Waals surface area contributed by atoms with E-state index in [0.717, 1.165) is 54.4 Å². The maximum atomic E-state index is 13.9. The summed E-state index contributed by atoms with van der Waals surface area (Å²) >= 11 is 0. The number of benzene rings is 1. The molecule has 6 nitrogen and oxygen atoms in total. The Hall–Kier alpha value is -3.03. The Morgan fingerprint density at radius 2 is 1.77 bits per heavy atom. The summed E-state index contributed by atoms with van der Waals surface area (Å²) in [6.07, 6.45) is 6.28. The molecule has 1 saturated heterocycles. The van der Waals surface area contributed by atoms with Crippen LogP contribution in [0, 0.1) is 11.6 Å². The van der Waals surface area contributed by atoms with Crippen LogP contribution in [-0.4, -0.2) is 36.4 Å². The molecule has 6 rings (SSSR count). The SMILES string of the molecule is Cn1nc2c(c1-c1cc(F)cc(F)c1)C[C@@H]1CC[C@H]2N1C(=O)c1cnn(C)c1C1CC1. The van der Waals surface area contributed by atoms with E-state index in [1.165, 1.54) is 12.1 Å². The number of aryl methyl sites for hydroxylation is 2. The minimum atomic E-state index is -0.607. The van der Waals surface area contributed by atoms with Crippen molar-refractivity contribution >= 4 is 5.91 Å². The number of fused-ring (bicyclic) bond motifs is 4. The lowest BCUT2D eigenvalue weighted by Crippen LogP contribution is -2.42. The summed E-state index contributed by atoms with van der Waals surface area (Å²) in [5.41, 5.74) is 4.80. The van der Waals surface area contributed by atoms with E-state index in [1.54, 1.807) is 17.9 Å². The molecule has 1 amide bonds. The second-order valence-corrected chi connectivity index (χ2v) is 9.00. The van der Waals surface area contributed by atoms with Crippen LogP contribution in [-0.2, 0) is 20.5 Å². The molecular formula is C23H23F2N5O. The molecule has 4 heterocycles. The number of aromatic nitrogens is 4. The van der Waals surface area contributed by atoms with Crippen LogP contribution in [0.3, 0.4) is 0 Å². The Morgan fingerprint density at radius 3 is 2.48 bits per heavy atom. The van der Waals surface area contributed by atoms with Crippen LogP contribution in [0.15, 0.2) is 24.4 Å². The van der Waals surface area contributed by atoms with E-state index in [2.05, 4.69) is 5.10 Å². The Bertz CT molecular complexity index is 1200. The highest BCUT2D eigenvalue weighted by atomic mass is 19.1. The van der Waals surface area contributed by atoms with Gasteiger partial charge in [-0.25, -0.2) is 8.78 Å².